The average molecular weight is 388 g/mol. The number of hydrogen-bond donors (Lipinski definition) is 2. The summed E-state index contributed by atoms with van der Waals surface area (Å²) in [6.07, 6.45) is 0. The van der Waals surface area contributed by atoms with Crippen LogP contribution in [0.2, 0.25) is 0 Å². The maximum atomic E-state index is 12.5. The number of anilines is 4. The number of carbonyl (C=O) groups excluding carboxylic acids is 1. The van der Waals surface area contributed by atoms with Crippen molar-refractivity contribution < 1.29 is 14.6 Å². The molecule has 0 aliphatic heterocycles. The predicted molar refractivity (Wildman–Crippen MR) is 107 cm³/mol. The van der Waals surface area contributed by atoms with Gasteiger partial charge in [-0.1, -0.05) is 0 Å². The first kappa shape index (κ1) is 20.4. The van der Waals surface area contributed by atoms with Gasteiger partial charge in [0.25, 0.3) is 11.4 Å². The molecule has 2 rings (SSSR count). The second-order valence-corrected chi connectivity index (χ2v) is 6.29. The van der Waals surface area contributed by atoms with Crippen molar-refractivity contribution in [3.63, 3.8) is 0 Å². The first-order valence-corrected chi connectivity index (χ1v) is 8.09. The molecule has 2 amide bonds. The van der Waals surface area contributed by atoms with Crippen molar-refractivity contribution >= 4 is 40.2 Å². The van der Waals surface area contributed by atoms with Crippen molar-refractivity contribution in [1.82, 2.24) is 0 Å². The van der Waals surface area contributed by atoms with Gasteiger partial charge in [-0.3, -0.25) is 20.2 Å². The number of nitro benzene ring substituents is 2. The summed E-state index contributed by atoms with van der Waals surface area (Å²) in [5.41, 5.74) is 1.23. The SMILES string of the molecule is CN(C)c1ccc([N+](=O)[O-])cc1NC(=O)Nc1cc([N+](=O)[O-])ccc1N(C)C. The Hall–Kier alpha value is -3.89. The Bertz CT molecular complexity index is 855. The van der Waals surface area contributed by atoms with Crippen LogP contribution in [0.1, 0.15) is 0 Å². The van der Waals surface area contributed by atoms with Crippen LogP contribution in [0.4, 0.5) is 38.9 Å². The molecule has 0 bridgehead atoms. The van der Waals surface area contributed by atoms with E-state index in [-0.39, 0.29) is 22.7 Å². The summed E-state index contributed by atoms with van der Waals surface area (Å²) < 4.78 is 0. The van der Waals surface area contributed by atoms with Crippen LogP contribution in [-0.2, 0) is 0 Å². The Labute approximate surface area is 160 Å². The third-order valence-electron chi connectivity index (χ3n) is 3.84. The van der Waals surface area contributed by atoms with Crippen molar-refractivity contribution in [2.45, 2.75) is 0 Å². The summed E-state index contributed by atoms with van der Waals surface area (Å²) >= 11 is 0. The molecule has 0 aromatic heterocycles. The van der Waals surface area contributed by atoms with Crippen LogP contribution >= 0.6 is 0 Å². The minimum absolute atomic E-state index is 0.176. The number of amides is 2. The molecule has 0 saturated carbocycles. The number of hydrogen-bond acceptors (Lipinski definition) is 7. The zero-order valence-corrected chi connectivity index (χ0v) is 15.8. The lowest BCUT2D eigenvalue weighted by molar-refractivity contribution is -0.385. The van der Waals surface area contributed by atoms with Gasteiger partial charge in [0.1, 0.15) is 0 Å². The average Bonchev–Trinajstić information content (AvgIpc) is 2.60. The van der Waals surface area contributed by atoms with E-state index < -0.39 is 15.9 Å². The van der Waals surface area contributed by atoms with E-state index in [0.717, 1.165) is 0 Å². The maximum absolute atomic E-state index is 12.5. The van der Waals surface area contributed by atoms with E-state index >= 15 is 0 Å². The topological polar surface area (TPSA) is 134 Å². The molecule has 28 heavy (non-hydrogen) atoms. The molecule has 2 aromatic carbocycles. The van der Waals surface area contributed by atoms with Gasteiger partial charge in [-0.25, -0.2) is 4.79 Å². The van der Waals surface area contributed by atoms with Crippen LogP contribution in [0.3, 0.4) is 0 Å². The smallest absolute Gasteiger partial charge is 0.323 e. The second-order valence-electron chi connectivity index (χ2n) is 6.29. The van der Waals surface area contributed by atoms with Crippen LogP contribution in [0, 0.1) is 20.2 Å². The lowest BCUT2D eigenvalue weighted by Crippen LogP contribution is -2.23. The molecule has 0 heterocycles. The van der Waals surface area contributed by atoms with E-state index in [0.29, 0.717) is 11.4 Å². The highest BCUT2D eigenvalue weighted by molar-refractivity contribution is 6.04. The Morgan fingerprint density at radius 1 is 0.786 bits per heavy atom. The van der Waals surface area contributed by atoms with Crippen molar-refractivity contribution in [2.24, 2.45) is 0 Å². The number of nitrogens with one attached hydrogen (secondary N) is 2. The van der Waals surface area contributed by atoms with Gasteiger partial charge in [0.15, 0.2) is 0 Å². The number of nitro groups is 2. The van der Waals surface area contributed by atoms with Crippen LogP contribution in [0.5, 0.6) is 0 Å². The van der Waals surface area contributed by atoms with Gasteiger partial charge in [0.2, 0.25) is 0 Å². The van der Waals surface area contributed by atoms with Gasteiger partial charge < -0.3 is 20.4 Å². The zero-order valence-electron chi connectivity index (χ0n) is 15.8. The third kappa shape index (κ3) is 4.63. The summed E-state index contributed by atoms with van der Waals surface area (Å²) in [6.45, 7) is 0. The molecule has 2 aromatic rings. The largest absolute Gasteiger partial charge is 0.376 e. The van der Waals surface area contributed by atoms with Gasteiger partial charge in [-0.15, -0.1) is 0 Å². The van der Waals surface area contributed by atoms with Gasteiger partial charge >= 0.3 is 6.03 Å². The number of benzene rings is 2. The summed E-state index contributed by atoms with van der Waals surface area (Å²) in [5.74, 6) is 0. The van der Waals surface area contributed by atoms with Gasteiger partial charge in [0.05, 0.1) is 32.6 Å². The van der Waals surface area contributed by atoms with Crippen LogP contribution in [0.15, 0.2) is 36.4 Å². The van der Waals surface area contributed by atoms with E-state index in [1.165, 1.54) is 36.4 Å². The Kier molecular flexibility index (Phi) is 5.98. The Balaban J connectivity index is 2.34. The van der Waals surface area contributed by atoms with E-state index in [9.17, 15) is 25.0 Å². The monoisotopic (exact) mass is 388 g/mol. The Morgan fingerprint density at radius 2 is 1.14 bits per heavy atom. The van der Waals surface area contributed by atoms with E-state index in [1.54, 1.807) is 38.0 Å². The third-order valence-corrected chi connectivity index (χ3v) is 3.84. The standard InChI is InChI=1S/C17H20N6O5/c1-20(2)15-7-5-11(22(25)26)9-13(15)18-17(24)19-14-10-12(23(27)28)6-8-16(14)21(3)4/h5-10H,1-4H3,(H2,18,19,24). The summed E-state index contributed by atoms with van der Waals surface area (Å²) in [7, 11) is 6.92. The first-order chi connectivity index (χ1) is 13.1. The van der Waals surface area contributed by atoms with Crippen LogP contribution < -0.4 is 20.4 Å². The highest BCUT2D eigenvalue weighted by atomic mass is 16.6. The normalized spacial score (nSPS) is 10.1. The molecule has 0 fully saturated rings. The first-order valence-electron chi connectivity index (χ1n) is 8.09. The lowest BCUT2D eigenvalue weighted by Gasteiger charge is -2.20. The number of non-ortho nitro benzene ring substituents is 2. The molecule has 0 aliphatic rings. The van der Waals surface area contributed by atoms with E-state index in [4.69, 9.17) is 0 Å². The van der Waals surface area contributed by atoms with Crippen molar-refractivity contribution in [2.75, 3.05) is 48.6 Å². The second kappa shape index (κ2) is 8.20. The molecule has 148 valence electrons. The van der Waals surface area contributed by atoms with Gasteiger partial charge in [0, 0.05) is 52.5 Å². The molecule has 0 atom stereocenters. The molecule has 0 radical (unpaired) electrons. The number of urea groups is 1. The highest BCUT2D eigenvalue weighted by Crippen LogP contribution is 2.31. The summed E-state index contributed by atoms with van der Waals surface area (Å²) in [6, 6.07) is 7.52. The van der Waals surface area contributed by atoms with Crippen LogP contribution in [-0.4, -0.2) is 44.1 Å². The maximum Gasteiger partial charge on any atom is 0.323 e. The molecule has 0 saturated heterocycles. The van der Waals surface area contributed by atoms with E-state index in [2.05, 4.69) is 10.6 Å². The summed E-state index contributed by atoms with van der Waals surface area (Å²) in [4.78, 5) is 36.8. The zero-order chi connectivity index (χ0) is 21.0. The van der Waals surface area contributed by atoms with Gasteiger partial charge in [-0.2, -0.15) is 0 Å². The lowest BCUT2D eigenvalue weighted by atomic mass is 10.2. The van der Waals surface area contributed by atoms with Crippen molar-refractivity contribution in [3.8, 4) is 0 Å². The number of rotatable bonds is 6. The van der Waals surface area contributed by atoms with Crippen LogP contribution in [0.25, 0.3) is 0 Å². The molecule has 0 spiro atoms. The summed E-state index contributed by atoms with van der Waals surface area (Å²) in [5, 5.41) is 27.2. The molecule has 0 unspecified atom stereocenters. The number of nitrogens with zero attached hydrogens (tertiary/aromatic N) is 4. The molecule has 0 aliphatic carbocycles. The van der Waals surface area contributed by atoms with Crippen molar-refractivity contribution in [3.05, 3.63) is 56.6 Å². The number of carbonyl (C=O) groups is 1. The quantitative estimate of drug-likeness (QED) is 0.573. The molecular weight excluding hydrogens is 368 g/mol. The predicted octanol–water partition coefficient (Wildman–Crippen LogP) is 3.28. The van der Waals surface area contributed by atoms with Crippen molar-refractivity contribution in [1.29, 1.82) is 0 Å². The fraction of sp³-hybridized carbons (Fsp3) is 0.235. The minimum atomic E-state index is -0.688. The molecule has 11 nitrogen and oxygen atoms in total. The highest BCUT2D eigenvalue weighted by Gasteiger charge is 2.17. The molecular formula is C17H20N6O5. The Morgan fingerprint density at radius 3 is 1.43 bits per heavy atom. The molecule has 11 heteroatoms. The fourth-order valence-corrected chi connectivity index (χ4v) is 2.53. The van der Waals surface area contributed by atoms with E-state index in [1.807, 2.05) is 0 Å². The molecule has 2 N–H and O–H groups in total. The fourth-order valence-electron chi connectivity index (χ4n) is 2.53. The van der Waals surface area contributed by atoms with Gasteiger partial charge in [-0.05, 0) is 12.1 Å². The minimum Gasteiger partial charge on any atom is -0.376 e.